The molecular weight excluding hydrogens is 517 g/mol. The van der Waals surface area contributed by atoms with E-state index in [1.165, 1.54) is 5.56 Å². The molecule has 4 atom stereocenters. The zero-order valence-corrected chi connectivity index (χ0v) is 23.8. The lowest BCUT2D eigenvalue weighted by Crippen LogP contribution is -2.48. The summed E-state index contributed by atoms with van der Waals surface area (Å²) in [6.45, 7) is 5.64. The van der Waals surface area contributed by atoms with E-state index in [0.717, 1.165) is 80.8 Å². The Hall–Kier alpha value is -3.43. The zero-order chi connectivity index (χ0) is 28.4. The van der Waals surface area contributed by atoms with Gasteiger partial charge in [0, 0.05) is 61.5 Å². The lowest BCUT2D eigenvalue weighted by atomic mass is 9.59. The number of anilines is 2. The van der Waals surface area contributed by atoms with E-state index in [1.54, 1.807) is 0 Å². The quantitative estimate of drug-likeness (QED) is 0.534. The van der Waals surface area contributed by atoms with Crippen LogP contribution in [0.5, 0.6) is 6.01 Å². The number of hydrogen-bond acceptors (Lipinski definition) is 8. The third-order valence-electron chi connectivity index (χ3n) is 10.8. The number of nitrogen functional groups attached to an aromatic ring is 1. The van der Waals surface area contributed by atoms with Crippen molar-refractivity contribution in [3.8, 4) is 18.1 Å². The average molecular weight is 556 g/mol. The smallest absolute Gasteiger partial charge is 0.318 e. The molecule has 214 valence electrons. The maximum Gasteiger partial charge on any atom is 0.318 e. The highest BCUT2D eigenvalue weighted by atomic mass is 19.1. The number of aromatic nitrogens is 2. The first-order chi connectivity index (χ1) is 19.8. The van der Waals surface area contributed by atoms with Crippen LogP contribution in [0.1, 0.15) is 85.7 Å². The molecule has 9 heteroatoms. The molecule has 41 heavy (non-hydrogen) atoms. The van der Waals surface area contributed by atoms with Crippen molar-refractivity contribution >= 4 is 11.5 Å². The molecular formula is C32H38FN7O. The molecule has 1 aromatic heterocycles. The number of ether oxygens (including phenoxy) is 1. The summed E-state index contributed by atoms with van der Waals surface area (Å²) in [4.78, 5) is 14.5. The van der Waals surface area contributed by atoms with E-state index in [4.69, 9.17) is 20.4 Å². The summed E-state index contributed by atoms with van der Waals surface area (Å²) < 4.78 is 20.8. The molecule has 3 saturated heterocycles. The SMILES string of the molecule is CC1CCC2(CCc3c(nc(OCC45CCCN4CC(F)C5)nc3N3CC(CC#N)C3)C2)c2c1ccc(N)c2C#N. The van der Waals surface area contributed by atoms with Crippen molar-refractivity contribution in [3.63, 3.8) is 0 Å². The van der Waals surface area contributed by atoms with E-state index in [2.05, 4.69) is 34.9 Å². The lowest BCUT2D eigenvalue weighted by Gasteiger charge is -2.46. The van der Waals surface area contributed by atoms with Gasteiger partial charge in [-0.25, -0.2) is 4.39 Å². The van der Waals surface area contributed by atoms with Crippen molar-refractivity contribution in [2.75, 3.05) is 43.4 Å². The summed E-state index contributed by atoms with van der Waals surface area (Å²) in [6, 6.07) is 9.11. The minimum Gasteiger partial charge on any atom is -0.461 e. The highest BCUT2D eigenvalue weighted by Gasteiger charge is 2.50. The molecule has 2 aliphatic carbocycles. The number of alkyl halides is 1. The zero-order valence-electron chi connectivity index (χ0n) is 23.8. The lowest BCUT2D eigenvalue weighted by molar-refractivity contribution is 0.107. The van der Waals surface area contributed by atoms with Gasteiger partial charge in [0.2, 0.25) is 0 Å². The third-order valence-corrected chi connectivity index (χ3v) is 10.8. The van der Waals surface area contributed by atoms with Crippen molar-refractivity contribution < 1.29 is 9.13 Å². The van der Waals surface area contributed by atoms with Crippen molar-refractivity contribution in [1.82, 2.24) is 14.9 Å². The van der Waals surface area contributed by atoms with E-state index >= 15 is 0 Å². The van der Waals surface area contributed by atoms with Gasteiger partial charge in [0.25, 0.3) is 0 Å². The molecule has 3 aliphatic heterocycles. The van der Waals surface area contributed by atoms with Gasteiger partial charge in [-0.1, -0.05) is 13.0 Å². The van der Waals surface area contributed by atoms with Gasteiger partial charge in [-0.2, -0.15) is 20.5 Å². The standard InChI is InChI=1S/C32H38FN7O/c1-20-5-9-31(28-23(20)3-4-26(36)25(28)15-35)10-6-24-27(14-31)37-30(38-29(24)39-16-21(17-39)7-11-34)41-19-32-8-2-12-40(32)18-22(33)13-32/h3-4,20-22H,2,5-10,12-14,16-19,36H2,1H3. The number of hydrogen-bond donors (Lipinski definition) is 1. The molecule has 0 bridgehead atoms. The molecule has 1 spiro atoms. The Morgan fingerprint density at radius 3 is 2.83 bits per heavy atom. The average Bonchev–Trinajstić information content (AvgIpc) is 3.46. The maximum absolute atomic E-state index is 14.4. The normalized spacial score (nSPS) is 30.7. The first kappa shape index (κ1) is 26.5. The second-order valence-electron chi connectivity index (χ2n) is 13.3. The van der Waals surface area contributed by atoms with E-state index in [1.807, 2.05) is 6.07 Å². The maximum atomic E-state index is 14.4. The van der Waals surface area contributed by atoms with Crippen molar-refractivity contribution in [1.29, 1.82) is 10.5 Å². The number of nitrogens with two attached hydrogens (primary N) is 1. The Morgan fingerprint density at radius 2 is 2.02 bits per heavy atom. The monoisotopic (exact) mass is 555 g/mol. The summed E-state index contributed by atoms with van der Waals surface area (Å²) in [6.07, 6.45) is 6.73. The topological polar surface area (TPSA) is 115 Å². The highest BCUT2D eigenvalue weighted by Crippen LogP contribution is 2.52. The molecule has 0 amide bonds. The molecule has 3 fully saturated rings. The van der Waals surface area contributed by atoms with Gasteiger partial charge in [-0.05, 0) is 68.2 Å². The van der Waals surface area contributed by atoms with E-state index in [0.29, 0.717) is 61.5 Å². The van der Waals surface area contributed by atoms with Crippen LogP contribution >= 0.6 is 0 Å². The molecule has 1 aromatic carbocycles. The molecule has 4 unspecified atom stereocenters. The van der Waals surface area contributed by atoms with Gasteiger partial charge in [0.1, 0.15) is 24.7 Å². The fourth-order valence-corrected chi connectivity index (χ4v) is 8.58. The Labute approximate surface area is 241 Å². The minimum atomic E-state index is -0.813. The molecule has 2 aromatic rings. The van der Waals surface area contributed by atoms with E-state index in [9.17, 15) is 14.9 Å². The first-order valence-corrected chi connectivity index (χ1v) is 15.2. The minimum absolute atomic E-state index is 0.204. The Kier molecular flexibility index (Phi) is 6.35. The summed E-state index contributed by atoms with van der Waals surface area (Å²) in [5, 5.41) is 19.4. The Morgan fingerprint density at radius 1 is 1.17 bits per heavy atom. The van der Waals surface area contributed by atoms with Crippen LogP contribution in [0.25, 0.3) is 0 Å². The van der Waals surface area contributed by atoms with Crippen LogP contribution in [0.2, 0.25) is 0 Å². The van der Waals surface area contributed by atoms with E-state index in [-0.39, 0.29) is 11.0 Å². The van der Waals surface area contributed by atoms with Gasteiger partial charge < -0.3 is 15.4 Å². The van der Waals surface area contributed by atoms with Gasteiger partial charge in [-0.3, -0.25) is 4.90 Å². The largest absolute Gasteiger partial charge is 0.461 e. The van der Waals surface area contributed by atoms with Gasteiger partial charge in [0.05, 0.1) is 22.9 Å². The second-order valence-corrected chi connectivity index (χ2v) is 13.3. The fourth-order valence-electron chi connectivity index (χ4n) is 8.58. The first-order valence-electron chi connectivity index (χ1n) is 15.2. The summed E-state index contributed by atoms with van der Waals surface area (Å²) in [5.74, 6) is 1.65. The van der Waals surface area contributed by atoms with Crippen LogP contribution < -0.4 is 15.4 Å². The third kappa shape index (κ3) is 4.24. The van der Waals surface area contributed by atoms with Crippen molar-refractivity contribution in [2.24, 2.45) is 5.92 Å². The molecule has 0 radical (unpaired) electrons. The number of benzene rings is 1. The van der Waals surface area contributed by atoms with Crippen molar-refractivity contribution in [2.45, 2.75) is 87.8 Å². The highest BCUT2D eigenvalue weighted by molar-refractivity contribution is 5.65. The van der Waals surface area contributed by atoms with Gasteiger partial charge in [-0.15, -0.1) is 0 Å². The molecule has 0 saturated carbocycles. The van der Waals surface area contributed by atoms with Crippen LogP contribution in [0.3, 0.4) is 0 Å². The number of fused-ring (bicyclic) bond motifs is 4. The van der Waals surface area contributed by atoms with Gasteiger partial charge in [0.15, 0.2) is 0 Å². The van der Waals surface area contributed by atoms with Crippen LogP contribution in [-0.2, 0) is 18.3 Å². The Balaban J connectivity index is 1.25. The van der Waals surface area contributed by atoms with Crippen LogP contribution in [0.4, 0.5) is 15.9 Å². The predicted molar refractivity (Wildman–Crippen MR) is 153 cm³/mol. The molecule has 2 N–H and O–H groups in total. The second kappa shape index (κ2) is 9.84. The molecule has 8 nitrogen and oxygen atoms in total. The van der Waals surface area contributed by atoms with Crippen LogP contribution in [0, 0.1) is 28.6 Å². The van der Waals surface area contributed by atoms with E-state index < -0.39 is 6.17 Å². The number of nitrogens with zero attached hydrogens (tertiary/aromatic N) is 6. The fraction of sp³-hybridized carbons (Fsp3) is 0.625. The number of rotatable bonds is 5. The summed E-state index contributed by atoms with van der Waals surface area (Å²) in [5.41, 5.74) is 11.5. The molecule has 4 heterocycles. The van der Waals surface area contributed by atoms with Crippen LogP contribution in [-0.4, -0.2) is 59.4 Å². The summed E-state index contributed by atoms with van der Waals surface area (Å²) in [7, 11) is 0. The number of nitriles is 2. The molecule has 5 aliphatic rings. The number of halogens is 1. The molecule has 7 rings (SSSR count). The van der Waals surface area contributed by atoms with Gasteiger partial charge >= 0.3 is 6.01 Å². The van der Waals surface area contributed by atoms with Crippen molar-refractivity contribution in [3.05, 3.63) is 40.1 Å². The summed E-state index contributed by atoms with van der Waals surface area (Å²) >= 11 is 0. The Bertz CT molecular complexity index is 1460. The van der Waals surface area contributed by atoms with Crippen LogP contribution in [0.15, 0.2) is 12.1 Å². The predicted octanol–water partition coefficient (Wildman–Crippen LogP) is 4.56.